The molecule has 118 valence electrons. The van der Waals surface area contributed by atoms with Crippen LogP contribution in [0.4, 0.5) is 5.82 Å². The van der Waals surface area contributed by atoms with Gasteiger partial charge in [0, 0.05) is 22.6 Å². The SMILES string of the molecule is Nc1cc(-c2ccccc2)nn1-c1nc(-c2cccc(O)c2)cs1. The Labute approximate surface area is 142 Å². The Morgan fingerprint density at radius 1 is 0.917 bits per heavy atom. The van der Waals surface area contributed by atoms with Crippen LogP contribution in [-0.4, -0.2) is 19.9 Å². The van der Waals surface area contributed by atoms with Gasteiger partial charge < -0.3 is 10.8 Å². The molecule has 0 fully saturated rings. The van der Waals surface area contributed by atoms with Crippen molar-refractivity contribution in [1.82, 2.24) is 14.8 Å². The zero-order chi connectivity index (χ0) is 16.5. The van der Waals surface area contributed by atoms with Gasteiger partial charge in [0.25, 0.3) is 0 Å². The number of nitrogens with zero attached hydrogens (tertiary/aromatic N) is 3. The topological polar surface area (TPSA) is 77.0 Å². The molecule has 0 bridgehead atoms. The van der Waals surface area contributed by atoms with Gasteiger partial charge in [0.2, 0.25) is 5.13 Å². The maximum Gasteiger partial charge on any atom is 0.212 e. The number of benzene rings is 2. The van der Waals surface area contributed by atoms with Gasteiger partial charge in [-0.1, -0.05) is 42.5 Å². The first kappa shape index (κ1) is 14.5. The molecule has 2 heterocycles. The fourth-order valence-electron chi connectivity index (χ4n) is 2.46. The molecule has 0 atom stereocenters. The van der Waals surface area contributed by atoms with Crippen molar-refractivity contribution in [3.8, 4) is 33.4 Å². The summed E-state index contributed by atoms with van der Waals surface area (Å²) in [6, 6.07) is 18.7. The Morgan fingerprint density at radius 2 is 1.71 bits per heavy atom. The Kier molecular flexibility index (Phi) is 3.51. The summed E-state index contributed by atoms with van der Waals surface area (Å²) < 4.78 is 1.64. The van der Waals surface area contributed by atoms with Gasteiger partial charge in [-0.15, -0.1) is 11.3 Å². The minimum absolute atomic E-state index is 0.215. The highest BCUT2D eigenvalue weighted by Gasteiger charge is 2.13. The zero-order valence-corrected chi connectivity index (χ0v) is 13.4. The Bertz CT molecular complexity index is 991. The van der Waals surface area contributed by atoms with Gasteiger partial charge in [-0.2, -0.15) is 9.78 Å². The van der Waals surface area contributed by atoms with Gasteiger partial charge in [-0.25, -0.2) is 4.98 Å². The van der Waals surface area contributed by atoms with Crippen molar-refractivity contribution in [3.05, 3.63) is 66.0 Å². The van der Waals surface area contributed by atoms with E-state index in [9.17, 15) is 5.11 Å². The summed E-state index contributed by atoms with van der Waals surface area (Å²) in [6.07, 6.45) is 0. The van der Waals surface area contributed by atoms with E-state index in [2.05, 4.69) is 10.1 Å². The van der Waals surface area contributed by atoms with E-state index < -0.39 is 0 Å². The summed E-state index contributed by atoms with van der Waals surface area (Å²) in [4.78, 5) is 4.59. The van der Waals surface area contributed by atoms with E-state index in [4.69, 9.17) is 5.73 Å². The molecule has 2 aromatic carbocycles. The summed E-state index contributed by atoms with van der Waals surface area (Å²) in [5, 5.41) is 16.8. The van der Waals surface area contributed by atoms with E-state index in [0.29, 0.717) is 10.9 Å². The molecule has 0 saturated carbocycles. The second-order valence-electron chi connectivity index (χ2n) is 5.30. The van der Waals surface area contributed by atoms with Crippen molar-refractivity contribution in [2.75, 3.05) is 5.73 Å². The third-order valence-electron chi connectivity index (χ3n) is 3.62. The van der Waals surface area contributed by atoms with Gasteiger partial charge in [-0.3, -0.25) is 0 Å². The summed E-state index contributed by atoms with van der Waals surface area (Å²) in [6.45, 7) is 0. The van der Waals surface area contributed by atoms with E-state index in [1.165, 1.54) is 11.3 Å². The molecule has 0 amide bonds. The molecule has 3 N–H and O–H groups in total. The lowest BCUT2D eigenvalue weighted by Gasteiger charge is -1.99. The van der Waals surface area contributed by atoms with E-state index in [0.717, 1.165) is 22.5 Å². The molecule has 4 aromatic rings. The molecule has 0 saturated heterocycles. The highest BCUT2D eigenvalue weighted by molar-refractivity contribution is 7.12. The quantitative estimate of drug-likeness (QED) is 0.595. The van der Waals surface area contributed by atoms with Crippen LogP contribution in [-0.2, 0) is 0 Å². The first-order chi connectivity index (χ1) is 11.7. The standard InChI is InChI=1S/C18H14N4OS/c19-17-10-15(12-5-2-1-3-6-12)21-22(17)18-20-16(11-24-18)13-7-4-8-14(23)9-13/h1-11,23H,19H2. The van der Waals surface area contributed by atoms with Gasteiger partial charge in [-0.05, 0) is 12.1 Å². The number of nitrogen functional groups attached to an aromatic ring is 1. The van der Waals surface area contributed by atoms with Gasteiger partial charge in [0.1, 0.15) is 11.6 Å². The van der Waals surface area contributed by atoms with E-state index in [1.54, 1.807) is 22.9 Å². The summed E-state index contributed by atoms with van der Waals surface area (Å²) in [7, 11) is 0. The number of aromatic hydroxyl groups is 1. The average Bonchev–Trinajstić information content (AvgIpc) is 3.22. The minimum atomic E-state index is 0.215. The molecule has 0 aliphatic heterocycles. The molecule has 4 rings (SSSR count). The fourth-order valence-corrected chi connectivity index (χ4v) is 3.26. The zero-order valence-electron chi connectivity index (χ0n) is 12.6. The van der Waals surface area contributed by atoms with Crippen LogP contribution >= 0.6 is 11.3 Å². The Balaban J connectivity index is 1.72. The van der Waals surface area contributed by atoms with Crippen molar-refractivity contribution >= 4 is 17.2 Å². The molecule has 5 nitrogen and oxygen atoms in total. The molecule has 2 aromatic heterocycles. The monoisotopic (exact) mass is 334 g/mol. The van der Waals surface area contributed by atoms with Crippen LogP contribution < -0.4 is 5.73 Å². The second-order valence-corrected chi connectivity index (χ2v) is 6.13. The Hall–Kier alpha value is -3.12. The van der Waals surface area contributed by atoms with E-state index in [1.807, 2.05) is 47.8 Å². The number of phenols is 1. The lowest BCUT2D eigenvalue weighted by molar-refractivity contribution is 0.475. The number of hydrogen-bond donors (Lipinski definition) is 2. The summed E-state index contributed by atoms with van der Waals surface area (Å²) in [5.41, 5.74) is 9.56. The van der Waals surface area contributed by atoms with E-state index >= 15 is 0 Å². The molecular formula is C18H14N4OS. The molecule has 0 spiro atoms. The van der Waals surface area contributed by atoms with Crippen molar-refractivity contribution in [2.45, 2.75) is 0 Å². The lowest BCUT2D eigenvalue weighted by atomic mass is 10.2. The fraction of sp³-hybridized carbons (Fsp3) is 0. The third kappa shape index (κ3) is 2.63. The number of rotatable bonds is 3. The predicted molar refractivity (Wildman–Crippen MR) is 96.2 cm³/mol. The van der Waals surface area contributed by atoms with Crippen LogP contribution in [0, 0.1) is 0 Å². The predicted octanol–water partition coefficient (Wildman–Crippen LogP) is 3.95. The number of anilines is 1. The molecule has 0 aliphatic carbocycles. The first-order valence-electron chi connectivity index (χ1n) is 7.37. The number of nitrogens with two attached hydrogens (primary N) is 1. The van der Waals surface area contributed by atoms with Gasteiger partial charge in [0.05, 0.1) is 11.4 Å². The summed E-state index contributed by atoms with van der Waals surface area (Å²) in [5.74, 6) is 0.748. The largest absolute Gasteiger partial charge is 0.508 e. The van der Waals surface area contributed by atoms with Crippen molar-refractivity contribution in [3.63, 3.8) is 0 Å². The van der Waals surface area contributed by atoms with Crippen LogP contribution in [0.25, 0.3) is 27.6 Å². The highest BCUT2D eigenvalue weighted by Crippen LogP contribution is 2.29. The van der Waals surface area contributed by atoms with Crippen LogP contribution in [0.3, 0.4) is 0 Å². The van der Waals surface area contributed by atoms with Crippen LogP contribution in [0.15, 0.2) is 66.0 Å². The first-order valence-corrected chi connectivity index (χ1v) is 8.25. The molecule has 6 heteroatoms. The third-order valence-corrected chi connectivity index (χ3v) is 4.44. The summed E-state index contributed by atoms with van der Waals surface area (Å²) >= 11 is 1.45. The molecule has 24 heavy (non-hydrogen) atoms. The number of thiazole rings is 1. The highest BCUT2D eigenvalue weighted by atomic mass is 32.1. The number of aromatic nitrogens is 3. The smallest absolute Gasteiger partial charge is 0.212 e. The maximum atomic E-state index is 9.61. The second kappa shape index (κ2) is 5.82. The van der Waals surface area contributed by atoms with Crippen molar-refractivity contribution in [1.29, 1.82) is 0 Å². The van der Waals surface area contributed by atoms with E-state index in [-0.39, 0.29) is 5.75 Å². The molecular weight excluding hydrogens is 320 g/mol. The number of phenolic OH excluding ortho intramolecular Hbond substituents is 1. The average molecular weight is 334 g/mol. The van der Waals surface area contributed by atoms with Crippen LogP contribution in [0.5, 0.6) is 5.75 Å². The van der Waals surface area contributed by atoms with Crippen molar-refractivity contribution < 1.29 is 5.11 Å². The Morgan fingerprint density at radius 3 is 2.50 bits per heavy atom. The molecule has 0 radical (unpaired) electrons. The normalized spacial score (nSPS) is 10.8. The van der Waals surface area contributed by atoms with Gasteiger partial charge in [0.15, 0.2) is 0 Å². The van der Waals surface area contributed by atoms with Crippen LogP contribution in [0.1, 0.15) is 0 Å². The maximum absolute atomic E-state index is 9.61. The van der Waals surface area contributed by atoms with Crippen molar-refractivity contribution in [2.24, 2.45) is 0 Å². The lowest BCUT2D eigenvalue weighted by Crippen LogP contribution is -2.01. The van der Waals surface area contributed by atoms with Gasteiger partial charge >= 0.3 is 0 Å². The molecule has 0 aliphatic rings. The van der Waals surface area contributed by atoms with Crippen LogP contribution in [0.2, 0.25) is 0 Å². The minimum Gasteiger partial charge on any atom is -0.508 e. The number of hydrogen-bond acceptors (Lipinski definition) is 5. The molecule has 0 unspecified atom stereocenters.